The molecule has 1 unspecified atom stereocenters. The summed E-state index contributed by atoms with van der Waals surface area (Å²) in [6.45, 7) is 0. The molecule has 0 heterocycles. The number of aryl methyl sites for hydroxylation is 2. The maximum Gasteiger partial charge on any atom is 0.131 e. The molecular weight excluding hydrogens is 331 g/mol. The van der Waals surface area contributed by atoms with Gasteiger partial charge >= 0.3 is 0 Å². The first-order valence-corrected chi connectivity index (χ1v) is 8.20. The molecule has 3 rings (SSSR count). The van der Waals surface area contributed by atoms with Crippen molar-refractivity contribution in [3.8, 4) is 5.75 Å². The Morgan fingerprint density at radius 2 is 1.86 bits per heavy atom. The standard InChI is InChI=1S/C18H18BrFO/c1-21-16-8-4-7-15(20)17(16)18(19)14-10-9-12-5-2-3-6-13(12)11-14/h4,7-11,18H,2-3,5-6H2,1H3. The second kappa shape index (κ2) is 6.18. The molecule has 0 N–H and O–H groups in total. The van der Waals surface area contributed by atoms with Crippen molar-refractivity contribution >= 4 is 15.9 Å². The van der Waals surface area contributed by atoms with Gasteiger partial charge in [0.25, 0.3) is 0 Å². The topological polar surface area (TPSA) is 9.23 Å². The van der Waals surface area contributed by atoms with Crippen molar-refractivity contribution < 1.29 is 9.13 Å². The number of fused-ring (bicyclic) bond motifs is 1. The Hall–Kier alpha value is -1.35. The third-order valence-electron chi connectivity index (χ3n) is 4.15. The maximum absolute atomic E-state index is 14.2. The Kier molecular flexibility index (Phi) is 4.29. The first-order chi connectivity index (χ1) is 10.2. The fourth-order valence-electron chi connectivity index (χ4n) is 3.02. The number of ether oxygens (including phenoxy) is 1. The number of rotatable bonds is 3. The summed E-state index contributed by atoms with van der Waals surface area (Å²) in [5, 5.41) is 0. The van der Waals surface area contributed by atoms with Gasteiger partial charge in [-0.1, -0.05) is 40.2 Å². The molecule has 0 radical (unpaired) electrons. The average molecular weight is 349 g/mol. The van der Waals surface area contributed by atoms with E-state index in [1.807, 2.05) is 0 Å². The van der Waals surface area contributed by atoms with Crippen molar-refractivity contribution in [2.75, 3.05) is 7.11 Å². The summed E-state index contributed by atoms with van der Waals surface area (Å²) in [4.78, 5) is -0.194. The monoisotopic (exact) mass is 348 g/mol. The lowest BCUT2D eigenvalue weighted by Gasteiger charge is -2.20. The summed E-state index contributed by atoms with van der Waals surface area (Å²) in [6, 6.07) is 11.4. The first-order valence-electron chi connectivity index (χ1n) is 7.29. The van der Waals surface area contributed by atoms with Crippen molar-refractivity contribution in [2.24, 2.45) is 0 Å². The van der Waals surface area contributed by atoms with Crippen LogP contribution < -0.4 is 4.74 Å². The van der Waals surface area contributed by atoms with E-state index in [0.717, 1.165) is 18.4 Å². The summed E-state index contributed by atoms with van der Waals surface area (Å²) in [7, 11) is 1.57. The Labute approximate surface area is 133 Å². The van der Waals surface area contributed by atoms with Crippen LogP contribution in [0.3, 0.4) is 0 Å². The largest absolute Gasteiger partial charge is 0.496 e. The first kappa shape index (κ1) is 14.6. The third kappa shape index (κ3) is 2.84. The molecule has 110 valence electrons. The summed E-state index contributed by atoms with van der Waals surface area (Å²) in [5.74, 6) is 0.337. The lowest BCUT2D eigenvalue weighted by molar-refractivity contribution is 0.405. The second-order valence-corrected chi connectivity index (χ2v) is 6.37. The van der Waals surface area contributed by atoms with Gasteiger partial charge in [0.1, 0.15) is 11.6 Å². The minimum absolute atomic E-state index is 0.194. The zero-order valence-corrected chi connectivity index (χ0v) is 13.6. The van der Waals surface area contributed by atoms with Crippen LogP contribution in [0.5, 0.6) is 5.75 Å². The van der Waals surface area contributed by atoms with Gasteiger partial charge in [-0.3, -0.25) is 0 Å². The van der Waals surface area contributed by atoms with Gasteiger partial charge in [-0.2, -0.15) is 0 Å². The third-order valence-corrected chi connectivity index (χ3v) is 5.14. The van der Waals surface area contributed by atoms with Gasteiger partial charge in [-0.15, -0.1) is 0 Å². The molecule has 0 aromatic heterocycles. The lowest BCUT2D eigenvalue weighted by atomic mass is 9.89. The molecule has 0 saturated heterocycles. The van der Waals surface area contributed by atoms with E-state index in [1.165, 1.54) is 30.0 Å². The Balaban J connectivity index is 2.01. The van der Waals surface area contributed by atoms with Gasteiger partial charge in [0.05, 0.1) is 11.9 Å². The Bertz CT molecular complexity index is 654. The summed E-state index contributed by atoms with van der Waals surface area (Å²) >= 11 is 3.64. The number of alkyl halides is 1. The molecule has 0 amide bonds. The van der Waals surface area contributed by atoms with E-state index in [9.17, 15) is 4.39 Å². The van der Waals surface area contributed by atoms with E-state index in [-0.39, 0.29) is 10.6 Å². The lowest BCUT2D eigenvalue weighted by Crippen LogP contribution is -2.05. The van der Waals surface area contributed by atoms with E-state index in [0.29, 0.717) is 11.3 Å². The summed E-state index contributed by atoms with van der Waals surface area (Å²) < 4.78 is 19.5. The van der Waals surface area contributed by atoms with Crippen LogP contribution in [0, 0.1) is 5.82 Å². The molecule has 1 atom stereocenters. The van der Waals surface area contributed by atoms with Crippen LogP contribution in [0.15, 0.2) is 36.4 Å². The quantitative estimate of drug-likeness (QED) is 0.693. The van der Waals surface area contributed by atoms with Crippen molar-refractivity contribution in [3.05, 3.63) is 64.5 Å². The highest BCUT2D eigenvalue weighted by atomic mass is 79.9. The fraction of sp³-hybridized carbons (Fsp3) is 0.333. The van der Waals surface area contributed by atoms with Gasteiger partial charge in [0.15, 0.2) is 0 Å². The van der Waals surface area contributed by atoms with Crippen LogP contribution in [0.2, 0.25) is 0 Å². The molecule has 0 bridgehead atoms. The number of hydrogen-bond acceptors (Lipinski definition) is 1. The average Bonchev–Trinajstić information content (AvgIpc) is 2.53. The molecule has 2 aromatic carbocycles. The Morgan fingerprint density at radius 3 is 2.62 bits per heavy atom. The van der Waals surface area contributed by atoms with Crippen molar-refractivity contribution in [3.63, 3.8) is 0 Å². The van der Waals surface area contributed by atoms with Crippen LogP contribution >= 0.6 is 15.9 Å². The number of methoxy groups -OCH3 is 1. The van der Waals surface area contributed by atoms with Crippen LogP contribution in [-0.2, 0) is 12.8 Å². The molecule has 3 heteroatoms. The summed E-state index contributed by atoms with van der Waals surface area (Å²) in [6.07, 6.45) is 4.79. The molecule has 1 aliphatic carbocycles. The predicted octanol–water partition coefficient (Wildman–Crippen LogP) is 5.20. The second-order valence-electron chi connectivity index (χ2n) is 5.45. The number of benzene rings is 2. The van der Waals surface area contributed by atoms with E-state index in [2.05, 4.69) is 34.1 Å². The summed E-state index contributed by atoms with van der Waals surface area (Å²) in [5.41, 5.74) is 4.48. The smallest absolute Gasteiger partial charge is 0.131 e. The van der Waals surface area contributed by atoms with Gasteiger partial charge in [0, 0.05) is 5.56 Å². The highest BCUT2D eigenvalue weighted by Crippen LogP contribution is 2.39. The highest BCUT2D eigenvalue weighted by molar-refractivity contribution is 9.09. The Morgan fingerprint density at radius 1 is 1.10 bits per heavy atom. The maximum atomic E-state index is 14.2. The molecule has 0 fully saturated rings. The van der Waals surface area contributed by atoms with Crippen molar-refractivity contribution in [2.45, 2.75) is 30.5 Å². The van der Waals surface area contributed by atoms with Gasteiger partial charge in [0.2, 0.25) is 0 Å². The van der Waals surface area contributed by atoms with Crippen LogP contribution in [0.4, 0.5) is 4.39 Å². The van der Waals surface area contributed by atoms with Crippen molar-refractivity contribution in [1.82, 2.24) is 0 Å². The van der Waals surface area contributed by atoms with Crippen LogP contribution in [0.1, 0.15) is 39.9 Å². The van der Waals surface area contributed by atoms with E-state index < -0.39 is 0 Å². The van der Waals surface area contributed by atoms with Gasteiger partial charge < -0.3 is 4.74 Å². The molecule has 0 spiro atoms. The van der Waals surface area contributed by atoms with Gasteiger partial charge in [-0.25, -0.2) is 4.39 Å². The van der Waals surface area contributed by atoms with Crippen LogP contribution in [-0.4, -0.2) is 7.11 Å². The predicted molar refractivity (Wildman–Crippen MR) is 86.8 cm³/mol. The minimum Gasteiger partial charge on any atom is -0.496 e. The van der Waals surface area contributed by atoms with E-state index in [4.69, 9.17) is 4.74 Å². The molecule has 0 aliphatic heterocycles. The SMILES string of the molecule is COc1cccc(F)c1C(Br)c1ccc2c(c1)CCCC2. The number of hydrogen-bond donors (Lipinski definition) is 0. The molecular formula is C18H18BrFO. The minimum atomic E-state index is -0.242. The zero-order chi connectivity index (χ0) is 14.8. The van der Waals surface area contributed by atoms with E-state index in [1.54, 1.807) is 19.2 Å². The number of halogens is 2. The van der Waals surface area contributed by atoms with E-state index >= 15 is 0 Å². The molecule has 0 saturated carbocycles. The van der Waals surface area contributed by atoms with Crippen molar-refractivity contribution in [1.29, 1.82) is 0 Å². The molecule has 2 aromatic rings. The molecule has 1 aliphatic rings. The van der Waals surface area contributed by atoms with Gasteiger partial charge in [-0.05, 0) is 54.5 Å². The molecule has 21 heavy (non-hydrogen) atoms. The highest BCUT2D eigenvalue weighted by Gasteiger charge is 2.21. The van der Waals surface area contributed by atoms with Crippen LogP contribution in [0.25, 0.3) is 0 Å². The normalized spacial score (nSPS) is 15.4. The zero-order valence-electron chi connectivity index (χ0n) is 12.0. The molecule has 1 nitrogen and oxygen atoms in total. The fourth-order valence-corrected chi connectivity index (χ4v) is 3.75.